The molecule has 1 aliphatic rings. The summed E-state index contributed by atoms with van der Waals surface area (Å²) in [7, 11) is 0. The number of hydrogen-bond donors (Lipinski definition) is 1. The van der Waals surface area contributed by atoms with Crippen LogP contribution >= 0.6 is 0 Å². The van der Waals surface area contributed by atoms with Gasteiger partial charge in [-0.1, -0.05) is 20.3 Å². The molecule has 102 valence electrons. The Balaban J connectivity index is 2.24. The SMILES string of the molecule is CCOCCN(CC)CC1CC(CC)CCN1. The molecule has 3 heteroatoms. The van der Waals surface area contributed by atoms with Gasteiger partial charge < -0.3 is 10.1 Å². The number of hydrogen-bond acceptors (Lipinski definition) is 3. The number of ether oxygens (including phenoxy) is 1. The number of nitrogens with one attached hydrogen (secondary N) is 1. The van der Waals surface area contributed by atoms with Gasteiger partial charge in [0.15, 0.2) is 0 Å². The Morgan fingerprint density at radius 2 is 2.12 bits per heavy atom. The van der Waals surface area contributed by atoms with Crippen molar-refractivity contribution in [3.05, 3.63) is 0 Å². The van der Waals surface area contributed by atoms with Crippen molar-refractivity contribution in [1.29, 1.82) is 0 Å². The van der Waals surface area contributed by atoms with Crippen molar-refractivity contribution in [2.75, 3.05) is 39.4 Å². The molecule has 0 aromatic rings. The van der Waals surface area contributed by atoms with Crippen LogP contribution in [0.25, 0.3) is 0 Å². The van der Waals surface area contributed by atoms with Crippen LogP contribution in [0.15, 0.2) is 0 Å². The van der Waals surface area contributed by atoms with Gasteiger partial charge in [-0.05, 0) is 38.8 Å². The Morgan fingerprint density at radius 1 is 1.29 bits per heavy atom. The molecule has 0 spiro atoms. The molecule has 2 unspecified atom stereocenters. The first-order valence-electron chi connectivity index (χ1n) is 7.33. The fourth-order valence-corrected chi connectivity index (χ4v) is 2.63. The van der Waals surface area contributed by atoms with Gasteiger partial charge in [0.05, 0.1) is 6.61 Å². The van der Waals surface area contributed by atoms with Crippen molar-refractivity contribution in [3.63, 3.8) is 0 Å². The third-order valence-corrected chi connectivity index (χ3v) is 3.86. The topological polar surface area (TPSA) is 24.5 Å². The summed E-state index contributed by atoms with van der Waals surface area (Å²) in [6.45, 7) is 12.9. The third-order valence-electron chi connectivity index (χ3n) is 3.86. The van der Waals surface area contributed by atoms with Gasteiger partial charge in [-0.3, -0.25) is 4.90 Å². The first kappa shape index (κ1) is 14.9. The number of rotatable bonds is 8. The molecule has 0 aromatic heterocycles. The molecule has 0 aromatic carbocycles. The number of nitrogens with zero attached hydrogens (tertiary/aromatic N) is 1. The Labute approximate surface area is 107 Å². The standard InChI is InChI=1S/C14H30N2O/c1-4-13-7-8-15-14(11-13)12-16(5-2)9-10-17-6-3/h13-15H,4-12H2,1-3H3. The van der Waals surface area contributed by atoms with Crippen molar-refractivity contribution in [3.8, 4) is 0 Å². The summed E-state index contributed by atoms with van der Waals surface area (Å²) in [6, 6.07) is 0.690. The van der Waals surface area contributed by atoms with Gasteiger partial charge in [0, 0.05) is 25.7 Å². The molecular formula is C14H30N2O. The fourth-order valence-electron chi connectivity index (χ4n) is 2.63. The average Bonchev–Trinajstić information content (AvgIpc) is 2.38. The van der Waals surface area contributed by atoms with E-state index < -0.39 is 0 Å². The maximum Gasteiger partial charge on any atom is 0.0593 e. The van der Waals surface area contributed by atoms with E-state index in [0.717, 1.165) is 32.2 Å². The molecule has 1 fully saturated rings. The average molecular weight is 242 g/mol. The summed E-state index contributed by atoms with van der Waals surface area (Å²) in [4.78, 5) is 2.51. The molecule has 1 saturated heterocycles. The summed E-state index contributed by atoms with van der Waals surface area (Å²) in [6.07, 6.45) is 4.04. The quantitative estimate of drug-likeness (QED) is 0.660. The highest BCUT2D eigenvalue weighted by Gasteiger charge is 2.21. The summed E-state index contributed by atoms with van der Waals surface area (Å²) in [5.41, 5.74) is 0. The maximum atomic E-state index is 5.44. The van der Waals surface area contributed by atoms with E-state index in [1.165, 1.54) is 32.4 Å². The third kappa shape index (κ3) is 5.84. The zero-order chi connectivity index (χ0) is 12.5. The van der Waals surface area contributed by atoms with Crippen LogP contribution in [-0.2, 0) is 4.74 Å². The molecule has 3 nitrogen and oxygen atoms in total. The molecule has 0 amide bonds. The van der Waals surface area contributed by atoms with E-state index in [0.29, 0.717) is 6.04 Å². The molecule has 0 bridgehead atoms. The maximum absolute atomic E-state index is 5.44. The zero-order valence-electron chi connectivity index (χ0n) is 11.9. The Bertz CT molecular complexity index is 187. The van der Waals surface area contributed by atoms with Gasteiger partial charge in [0.2, 0.25) is 0 Å². The highest BCUT2D eigenvalue weighted by molar-refractivity contribution is 4.80. The van der Waals surface area contributed by atoms with Crippen molar-refractivity contribution in [1.82, 2.24) is 10.2 Å². The molecule has 1 heterocycles. The molecule has 1 rings (SSSR count). The van der Waals surface area contributed by atoms with E-state index in [9.17, 15) is 0 Å². The summed E-state index contributed by atoms with van der Waals surface area (Å²) >= 11 is 0. The Morgan fingerprint density at radius 3 is 2.76 bits per heavy atom. The molecular weight excluding hydrogens is 212 g/mol. The van der Waals surface area contributed by atoms with Crippen LogP contribution in [0.2, 0.25) is 0 Å². The lowest BCUT2D eigenvalue weighted by Gasteiger charge is -2.33. The van der Waals surface area contributed by atoms with Crippen LogP contribution in [-0.4, -0.2) is 50.3 Å². The van der Waals surface area contributed by atoms with Gasteiger partial charge in [-0.2, -0.15) is 0 Å². The molecule has 1 aliphatic heterocycles. The minimum Gasteiger partial charge on any atom is -0.380 e. The fraction of sp³-hybridized carbons (Fsp3) is 1.00. The normalized spacial score (nSPS) is 25.4. The number of piperidine rings is 1. The second-order valence-corrected chi connectivity index (χ2v) is 5.04. The lowest BCUT2D eigenvalue weighted by atomic mass is 9.90. The first-order valence-corrected chi connectivity index (χ1v) is 7.33. The summed E-state index contributed by atoms with van der Waals surface area (Å²) in [5.74, 6) is 0.937. The summed E-state index contributed by atoms with van der Waals surface area (Å²) in [5, 5.41) is 3.66. The van der Waals surface area contributed by atoms with Crippen LogP contribution in [0.5, 0.6) is 0 Å². The smallest absolute Gasteiger partial charge is 0.0593 e. The minimum absolute atomic E-state index is 0.690. The highest BCUT2D eigenvalue weighted by Crippen LogP contribution is 2.19. The highest BCUT2D eigenvalue weighted by atomic mass is 16.5. The van der Waals surface area contributed by atoms with Gasteiger partial charge in [0.1, 0.15) is 0 Å². The monoisotopic (exact) mass is 242 g/mol. The number of likely N-dealkylation sites (N-methyl/N-ethyl adjacent to an activating group) is 1. The van der Waals surface area contributed by atoms with Gasteiger partial charge in [0.25, 0.3) is 0 Å². The lowest BCUT2D eigenvalue weighted by Crippen LogP contribution is -2.46. The van der Waals surface area contributed by atoms with Crippen LogP contribution in [0.3, 0.4) is 0 Å². The first-order chi connectivity index (χ1) is 8.30. The van der Waals surface area contributed by atoms with Crippen molar-refractivity contribution in [2.24, 2.45) is 5.92 Å². The predicted molar refractivity (Wildman–Crippen MR) is 73.4 cm³/mol. The minimum atomic E-state index is 0.690. The van der Waals surface area contributed by atoms with E-state index in [1.807, 2.05) is 0 Å². The van der Waals surface area contributed by atoms with Gasteiger partial charge >= 0.3 is 0 Å². The molecule has 0 aliphatic carbocycles. The lowest BCUT2D eigenvalue weighted by molar-refractivity contribution is 0.107. The van der Waals surface area contributed by atoms with E-state index in [2.05, 4.69) is 31.0 Å². The molecule has 2 atom stereocenters. The van der Waals surface area contributed by atoms with Crippen LogP contribution in [0, 0.1) is 5.92 Å². The van der Waals surface area contributed by atoms with Gasteiger partial charge in [-0.15, -0.1) is 0 Å². The zero-order valence-corrected chi connectivity index (χ0v) is 11.9. The van der Waals surface area contributed by atoms with Crippen LogP contribution < -0.4 is 5.32 Å². The van der Waals surface area contributed by atoms with Gasteiger partial charge in [-0.25, -0.2) is 0 Å². The molecule has 1 N–H and O–H groups in total. The second kappa shape index (κ2) is 8.90. The largest absolute Gasteiger partial charge is 0.380 e. The Hall–Kier alpha value is -0.120. The molecule has 17 heavy (non-hydrogen) atoms. The second-order valence-electron chi connectivity index (χ2n) is 5.04. The van der Waals surface area contributed by atoms with E-state index in [4.69, 9.17) is 4.74 Å². The predicted octanol–water partition coefficient (Wildman–Crippen LogP) is 2.12. The molecule has 0 radical (unpaired) electrons. The van der Waals surface area contributed by atoms with Crippen LogP contribution in [0.1, 0.15) is 40.0 Å². The van der Waals surface area contributed by atoms with E-state index >= 15 is 0 Å². The Kier molecular flexibility index (Phi) is 7.82. The molecule has 0 saturated carbocycles. The van der Waals surface area contributed by atoms with Crippen molar-refractivity contribution in [2.45, 2.75) is 46.1 Å². The van der Waals surface area contributed by atoms with Crippen LogP contribution in [0.4, 0.5) is 0 Å². The summed E-state index contributed by atoms with van der Waals surface area (Å²) < 4.78 is 5.44. The van der Waals surface area contributed by atoms with Crippen molar-refractivity contribution >= 4 is 0 Å². The van der Waals surface area contributed by atoms with E-state index in [-0.39, 0.29) is 0 Å². The van der Waals surface area contributed by atoms with Crippen molar-refractivity contribution < 1.29 is 4.74 Å². The van der Waals surface area contributed by atoms with E-state index in [1.54, 1.807) is 0 Å².